The Morgan fingerprint density at radius 2 is 1.47 bits per heavy atom. The van der Waals surface area contributed by atoms with Crippen LogP contribution in [0, 0.1) is 0 Å². The highest BCUT2D eigenvalue weighted by atomic mass is 16.5. The van der Waals surface area contributed by atoms with Crippen LogP contribution < -0.4 is 14.2 Å². The molecule has 0 amide bonds. The molecule has 1 heterocycles. The monoisotopic (exact) mass is 479 g/mol. The first-order valence-corrected chi connectivity index (χ1v) is 12.7. The molecule has 0 atom stereocenters. The Morgan fingerprint density at radius 1 is 0.750 bits per heavy atom. The number of methoxy groups -OCH3 is 2. The minimum Gasteiger partial charge on any atom is -0.497 e. The van der Waals surface area contributed by atoms with Gasteiger partial charge in [-0.15, -0.1) is 0 Å². The Balaban J connectivity index is 1.66. The molecule has 0 aromatic heterocycles. The van der Waals surface area contributed by atoms with E-state index in [1.807, 2.05) is 48.5 Å². The van der Waals surface area contributed by atoms with E-state index >= 15 is 0 Å². The lowest BCUT2D eigenvalue weighted by molar-refractivity contribution is 0.309. The third-order valence-corrected chi connectivity index (χ3v) is 6.77. The zero-order valence-electron chi connectivity index (χ0n) is 21.1. The number of nitrogens with zero attached hydrogens (tertiary/aromatic N) is 1. The molecule has 5 rings (SSSR count). The predicted octanol–water partition coefficient (Wildman–Crippen LogP) is 7.86. The summed E-state index contributed by atoms with van der Waals surface area (Å²) in [5, 5.41) is 2.15. The summed E-state index contributed by atoms with van der Waals surface area (Å²) in [6.07, 6.45) is 9.23. The van der Waals surface area contributed by atoms with E-state index in [0.29, 0.717) is 0 Å². The van der Waals surface area contributed by atoms with Gasteiger partial charge >= 0.3 is 0 Å². The molecular formula is C32H33NO3. The highest BCUT2D eigenvalue weighted by Crippen LogP contribution is 2.43. The number of para-hydroxylation sites is 1. The fourth-order valence-electron chi connectivity index (χ4n) is 4.88. The van der Waals surface area contributed by atoms with Crippen LogP contribution in [0.4, 0.5) is 0 Å². The maximum absolute atomic E-state index is 6.64. The summed E-state index contributed by atoms with van der Waals surface area (Å²) in [6, 6.07) is 26.7. The molecule has 184 valence electrons. The quantitative estimate of drug-likeness (QED) is 0.257. The van der Waals surface area contributed by atoms with Crippen LogP contribution in [0.1, 0.15) is 24.8 Å². The summed E-state index contributed by atoms with van der Waals surface area (Å²) < 4.78 is 17.6. The third kappa shape index (κ3) is 5.33. The number of hydrogen-bond acceptors (Lipinski definition) is 4. The molecule has 0 aliphatic carbocycles. The van der Waals surface area contributed by atoms with Gasteiger partial charge in [-0.25, -0.2) is 0 Å². The van der Waals surface area contributed by atoms with Gasteiger partial charge < -0.3 is 19.1 Å². The predicted molar refractivity (Wildman–Crippen MR) is 147 cm³/mol. The van der Waals surface area contributed by atoms with Gasteiger partial charge in [-0.2, -0.15) is 0 Å². The van der Waals surface area contributed by atoms with Gasteiger partial charge in [0.15, 0.2) is 0 Å². The second-order valence-electron chi connectivity index (χ2n) is 9.16. The molecule has 4 heteroatoms. The molecule has 0 bridgehead atoms. The average molecular weight is 480 g/mol. The highest BCUT2D eigenvalue weighted by molar-refractivity contribution is 5.98. The Morgan fingerprint density at radius 3 is 2.19 bits per heavy atom. The number of rotatable bonds is 8. The van der Waals surface area contributed by atoms with Gasteiger partial charge in [-0.3, -0.25) is 0 Å². The number of hydrogen-bond donors (Lipinski definition) is 0. The van der Waals surface area contributed by atoms with Gasteiger partial charge in [0.25, 0.3) is 0 Å². The van der Waals surface area contributed by atoms with Crippen LogP contribution >= 0.6 is 0 Å². The average Bonchev–Trinajstić information content (AvgIpc) is 2.94. The first-order valence-electron chi connectivity index (χ1n) is 12.7. The standard InChI is InChI=1S/C32H33NO3/c1-34-27-15-13-24(14-16-27)31-25(10-9-21-33-19-7-4-8-20-33)22-26-23-29(35-2)17-18-30(26)32(31)36-28-11-5-3-6-12-28/h3,5-6,9,11-18,21-23H,4,7-8,10,19-20H2,1-2H3. The van der Waals surface area contributed by atoms with Crippen molar-refractivity contribution in [2.24, 2.45) is 0 Å². The summed E-state index contributed by atoms with van der Waals surface area (Å²) >= 11 is 0. The van der Waals surface area contributed by atoms with Crippen molar-refractivity contribution in [3.8, 4) is 34.1 Å². The molecular weight excluding hydrogens is 446 g/mol. The zero-order valence-corrected chi connectivity index (χ0v) is 21.1. The maximum atomic E-state index is 6.64. The molecule has 1 aliphatic heterocycles. The summed E-state index contributed by atoms with van der Waals surface area (Å²) in [4.78, 5) is 2.43. The molecule has 0 radical (unpaired) electrons. The fourth-order valence-corrected chi connectivity index (χ4v) is 4.88. The molecule has 36 heavy (non-hydrogen) atoms. The Hall–Kier alpha value is -3.92. The van der Waals surface area contributed by atoms with Crippen molar-refractivity contribution in [2.45, 2.75) is 25.7 Å². The number of benzene rings is 4. The van der Waals surface area contributed by atoms with Crippen molar-refractivity contribution in [1.29, 1.82) is 0 Å². The number of ether oxygens (including phenoxy) is 3. The molecule has 4 aromatic rings. The molecule has 0 saturated carbocycles. The largest absolute Gasteiger partial charge is 0.497 e. The molecule has 4 aromatic carbocycles. The Bertz CT molecular complexity index is 1320. The van der Waals surface area contributed by atoms with Crippen LogP contribution in [-0.4, -0.2) is 32.2 Å². The van der Waals surface area contributed by atoms with Crippen LogP contribution in [0.15, 0.2) is 91.1 Å². The van der Waals surface area contributed by atoms with E-state index in [-0.39, 0.29) is 0 Å². The lowest BCUT2D eigenvalue weighted by Crippen LogP contribution is -2.24. The van der Waals surface area contributed by atoms with Gasteiger partial charge in [0, 0.05) is 24.0 Å². The summed E-state index contributed by atoms with van der Waals surface area (Å²) in [7, 11) is 3.40. The molecule has 1 fully saturated rings. The summed E-state index contributed by atoms with van der Waals surface area (Å²) in [5.74, 6) is 3.33. The van der Waals surface area contributed by atoms with Crippen molar-refractivity contribution in [1.82, 2.24) is 4.90 Å². The number of likely N-dealkylation sites (tertiary alicyclic amines) is 1. The normalized spacial score (nSPS) is 13.8. The Kier molecular flexibility index (Phi) is 7.41. The van der Waals surface area contributed by atoms with Gasteiger partial charge in [0.2, 0.25) is 0 Å². The van der Waals surface area contributed by atoms with E-state index in [0.717, 1.165) is 64.4 Å². The number of fused-ring (bicyclic) bond motifs is 1. The van der Waals surface area contributed by atoms with Crippen molar-refractivity contribution in [2.75, 3.05) is 27.3 Å². The minimum absolute atomic E-state index is 0.802. The molecule has 1 aliphatic rings. The van der Waals surface area contributed by atoms with Crippen LogP contribution in [0.2, 0.25) is 0 Å². The Labute approximate surface area is 213 Å². The van der Waals surface area contributed by atoms with Crippen LogP contribution in [0.25, 0.3) is 21.9 Å². The van der Waals surface area contributed by atoms with Gasteiger partial charge in [0.05, 0.1) is 14.2 Å². The minimum atomic E-state index is 0.802. The van der Waals surface area contributed by atoms with E-state index in [2.05, 4.69) is 47.5 Å². The van der Waals surface area contributed by atoms with Gasteiger partial charge in [-0.1, -0.05) is 36.4 Å². The van der Waals surface area contributed by atoms with Gasteiger partial charge in [0.1, 0.15) is 23.0 Å². The van der Waals surface area contributed by atoms with Crippen molar-refractivity contribution >= 4 is 10.8 Å². The van der Waals surface area contributed by atoms with E-state index in [1.165, 1.54) is 24.8 Å². The van der Waals surface area contributed by atoms with E-state index in [1.54, 1.807) is 14.2 Å². The smallest absolute Gasteiger partial charge is 0.143 e. The SMILES string of the molecule is COc1ccc(-c2c(CC=CN3CCCCC3)cc3cc(OC)ccc3c2Oc2ccccc2)cc1. The van der Waals surface area contributed by atoms with Crippen molar-refractivity contribution in [3.05, 3.63) is 96.7 Å². The zero-order chi connectivity index (χ0) is 24.7. The summed E-state index contributed by atoms with van der Waals surface area (Å²) in [6.45, 7) is 2.28. The van der Waals surface area contributed by atoms with Gasteiger partial charge in [-0.05, 0) is 96.9 Å². The molecule has 0 N–H and O–H groups in total. The van der Waals surface area contributed by atoms with Crippen LogP contribution in [0.5, 0.6) is 23.0 Å². The lowest BCUT2D eigenvalue weighted by atomic mass is 9.92. The second-order valence-corrected chi connectivity index (χ2v) is 9.16. The molecule has 1 saturated heterocycles. The van der Waals surface area contributed by atoms with Crippen LogP contribution in [0.3, 0.4) is 0 Å². The fraction of sp³-hybridized carbons (Fsp3) is 0.250. The second kappa shape index (κ2) is 11.2. The molecule has 0 spiro atoms. The summed E-state index contributed by atoms with van der Waals surface area (Å²) in [5.41, 5.74) is 3.41. The first kappa shape index (κ1) is 23.8. The van der Waals surface area contributed by atoms with E-state index in [4.69, 9.17) is 14.2 Å². The van der Waals surface area contributed by atoms with Crippen molar-refractivity contribution < 1.29 is 14.2 Å². The van der Waals surface area contributed by atoms with E-state index < -0.39 is 0 Å². The first-order chi connectivity index (χ1) is 17.7. The maximum Gasteiger partial charge on any atom is 0.143 e. The van der Waals surface area contributed by atoms with E-state index in [9.17, 15) is 0 Å². The van der Waals surface area contributed by atoms with Crippen molar-refractivity contribution in [3.63, 3.8) is 0 Å². The number of allylic oxidation sites excluding steroid dienone is 1. The molecule has 0 unspecified atom stereocenters. The topological polar surface area (TPSA) is 30.9 Å². The highest BCUT2D eigenvalue weighted by Gasteiger charge is 2.18. The lowest BCUT2D eigenvalue weighted by Gasteiger charge is -2.25. The molecule has 4 nitrogen and oxygen atoms in total. The third-order valence-electron chi connectivity index (χ3n) is 6.77. The number of piperidine rings is 1. The van der Waals surface area contributed by atoms with Crippen LogP contribution in [-0.2, 0) is 6.42 Å².